The van der Waals surface area contributed by atoms with E-state index >= 15 is 0 Å². The number of hydrogen-bond acceptors (Lipinski definition) is 5. The molecule has 3 heterocycles. The van der Waals surface area contributed by atoms with Crippen molar-refractivity contribution >= 4 is 28.4 Å². The molecule has 1 aliphatic rings. The summed E-state index contributed by atoms with van der Waals surface area (Å²) >= 11 is 1.36. The number of methoxy groups -OCH3 is 1. The van der Waals surface area contributed by atoms with Crippen LogP contribution in [0.15, 0.2) is 53.0 Å². The molecule has 0 radical (unpaired) electrons. The summed E-state index contributed by atoms with van der Waals surface area (Å²) in [7, 11) is 1.68. The molecule has 0 atom stereocenters. The molecule has 1 aliphatic carbocycles. The highest BCUT2D eigenvalue weighted by atomic mass is 32.1. The fourth-order valence-electron chi connectivity index (χ4n) is 3.76. The van der Waals surface area contributed by atoms with E-state index in [0.29, 0.717) is 16.6 Å². The first kappa shape index (κ1) is 19.6. The van der Waals surface area contributed by atoms with Gasteiger partial charge in [-0.1, -0.05) is 18.2 Å². The molecule has 1 saturated carbocycles. The van der Waals surface area contributed by atoms with E-state index in [2.05, 4.69) is 9.97 Å². The van der Waals surface area contributed by atoms with Gasteiger partial charge < -0.3 is 4.74 Å². The minimum Gasteiger partial charge on any atom is -0.496 e. The SMILES string of the molecule is COc1cccc(/C=C/c2nc3sccn3c(=O)c2-c2cnccc2F)c1CC1CC1. The van der Waals surface area contributed by atoms with Gasteiger partial charge in [0.2, 0.25) is 0 Å². The van der Waals surface area contributed by atoms with Crippen molar-refractivity contribution in [2.75, 3.05) is 7.11 Å². The van der Waals surface area contributed by atoms with Crippen LogP contribution in [0.2, 0.25) is 0 Å². The molecule has 0 amide bonds. The summed E-state index contributed by atoms with van der Waals surface area (Å²) in [5.74, 6) is 1.04. The minimum atomic E-state index is -0.505. The molecule has 0 spiro atoms. The first-order chi connectivity index (χ1) is 15.2. The molecule has 1 fully saturated rings. The van der Waals surface area contributed by atoms with Gasteiger partial charge in [-0.05, 0) is 49.0 Å². The lowest BCUT2D eigenvalue weighted by Gasteiger charge is -2.12. The highest BCUT2D eigenvalue weighted by Gasteiger charge is 2.24. The maximum absolute atomic E-state index is 14.6. The van der Waals surface area contributed by atoms with Crippen LogP contribution in [0.4, 0.5) is 4.39 Å². The minimum absolute atomic E-state index is 0.143. The van der Waals surface area contributed by atoms with Gasteiger partial charge in [0.25, 0.3) is 5.56 Å². The zero-order valence-corrected chi connectivity index (χ0v) is 17.7. The summed E-state index contributed by atoms with van der Waals surface area (Å²) < 4.78 is 21.6. The molecule has 0 aliphatic heterocycles. The van der Waals surface area contributed by atoms with E-state index in [1.165, 1.54) is 47.0 Å². The van der Waals surface area contributed by atoms with E-state index in [9.17, 15) is 9.18 Å². The predicted octanol–water partition coefficient (Wildman–Crippen LogP) is 5.09. The molecule has 0 bridgehead atoms. The number of benzene rings is 1. The lowest BCUT2D eigenvalue weighted by molar-refractivity contribution is 0.408. The molecule has 0 unspecified atom stereocenters. The predicted molar refractivity (Wildman–Crippen MR) is 121 cm³/mol. The molecule has 5 nitrogen and oxygen atoms in total. The van der Waals surface area contributed by atoms with Crippen molar-refractivity contribution in [3.05, 3.63) is 81.2 Å². The zero-order chi connectivity index (χ0) is 21.4. The van der Waals surface area contributed by atoms with Gasteiger partial charge in [-0.2, -0.15) is 0 Å². The number of hydrogen-bond donors (Lipinski definition) is 0. The highest BCUT2D eigenvalue weighted by molar-refractivity contribution is 7.15. The summed E-state index contributed by atoms with van der Waals surface area (Å²) in [6.45, 7) is 0. The Morgan fingerprint density at radius 3 is 2.94 bits per heavy atom. The third kappa shape index (κ3) is 3.77. The third-order valence-electron chi connectivity index (χ3n) is 5.53. The van der Waals surface area contributed by atoms with Gasteiger partial charge in [-0.3, -0.25) is 14.2 Å². The number of pyridine rings is 1. The maximum atomic E-state index is 14.6. The number of ether oxygens (including phenoxy) is 1. The molecule has 31 heavy (non-hydrogen) atoms. The van der Waals surface area contributed by atoms with E-state index < -0.39 is 5.82 Å². The van der Waals surface area contributed by atoms with Gasteiger partial charge in [-0.25, -0.2) is 9.37 Å². The Balaban J connectivity index is 1.66. The molecular weight excluding hydrogens is 413 g/mol. The van der Waals surface area contributed by atoms with Gasteiger partial charge >= 0.3 is 0 Å². The van der Waals surface area contributed by atoms with Crippen LogP contribution in [0, 0.1) is 11.7 Å². The summed E-state index contributed by atoms with van der Waals surface area (Å²) in [4.78, 5) is 22.4. The highest BCUT2D eigenvalue weighted by Crippen LogP contribution is 2.37. The van der Waals surface area contributed by atoms with Crippen LogP contribution < -0.4 is 10.3 Å². The fraction of sp³-hybridized carbons (Fsp3) is 0.208. The van der Waals surface area contributed by atoms with Crippen molar-refractivity contribution in [1.29, 1.82) is 0 Å². The van der Waals surface area contributed by atoms with Gasteiger partial charge in [-0.15, -0.1) is 11.3 Å². The number of aromatic nitrogens is 3. The van der Waals surface area contributed by atoms with Crippen molar-refractivity contribution in [2.45, 2.75) is 19.3 Å². The first-order valence-corrected chi connectivity index (χ1v) is 11.0. The molecule has 156 valence electrons. The van der Waals surface area contributed by atoms with Crippen LogP contribution in [-0.4, -0.2) is 21.5 Å². The Labute approximate surface area is 182 Å². The largest absolute Gasteiger partial charge is 0.496 e. The Bertz CT molecular complexity index is 1350. The number of fused-ring (bicyclic) bond motifs is 1. The lowest BCUT2D eigenvalue weighted by Crippen LogP contribution is -2.17. The topological polar surface area (TPSA) is 56.5 Å². The molecule has 4 aromatic rings. The van der Waals surface area contributed by atoms with E-state index in [4.69, 9.17) is 4.74 Å². The van der Waals surface area contributed by atoms with Crippen molar-refractivity contribution in [3.8, 4) is 16.9 Å². The molecule has 0 N–H and O–H groups in total. The second kappa shape index (κ2) is 8.07. The molecular formula is C24H20FN3O2S. The van der Waals surface area contributed by atoms with Gasteiger partial charge in [0.05, 0.1) is 18.4 Å². The monoisotopic (exact) mass is 433 g/mol. The van der Waals surface area contributed by atoms with Crippen molar-refractivity contribution in [3.63, 3.8) is 0 Å². The van der Waals surface area contributed by atoms with Gasteiger partial charge in [0.1, 0.15) is 11.6 Å². The Kier molecular flexibility index (Phi) is 5.11. The average Bonchev–Trinajstić information content (AvgIpc) is 3.47. The van der Waals surface area contributed by atoms with Crippen molar-refractivity contribution in [2.24, 2.45) is 5.92 Å². The zero-order valence-electron chi connectivity index (χ0n) is 16.9. The Morgan fingerprint density at radius 1 is 1.29 bits per heavy atom. The normalized spacial score (nSPS) is 13.9. The Hall–Kier alpha value is -3.32. The van der Waals surface area contributed by atoms with E-state index in [1.807, 2.05) is 24.3 Å². The van der Waals surface area contributed by atoms with Crippen LogP contribution >= 0.6 is 11.3 Å². The second-order valence-electron chi connectivity index (χ2n) is 7.60. The molecule has 1 aromatic carbocycles. The molecule has 0 saturated heterocycles. The van der Waals surface area contributed by atoms with Crippen molar-refractivity contribution in [1.82, 2.24) is 14.4 Å². The first-order valence-electron chi connectivity index (χ1n) is 10.1. The quantitative estimate of drug-likeness (QED) is 0.425. The van der Waals surface area contributed by atoms with Gasteiger partial charge in [0.15, 0.2) is 4.96 Å². The average molecular weight is 434 g/mol. The van der Waals surface area contributed by atoms with Crippen LogP contribution in [0.3, 0.4) is 0 Å². The van der Waals surface area contributed by atoms with Gasteiger partial charge in [0, 0.05) is 35.1 Å². The van der Waals surface area contributed by atoms with Crippen molar-refractivity contribution < 1.29 is 9.13 Å². The summed E-state index contributed by atoms with van der Waals surface area (Å²) in [6.07, 6.45) is 11.5. The standard InChI is InChI=1S/C24H20FN3O2S/c1-30-21-4-2-3-16(17(21)13-15-5-6-15)7-8-20-22(18-14-26-10-9-19(18)25)23(29)28-11-12-31-24(28)27-20/h2-4,7-12,14-15H,5-6,13H2,1H3/b8-7+. The maximum Gasteiger partial charge on any atom is 0.267 e. The molecule has 7 heteroatoms. The van der Waals surface area contributed by atoms with E-state index in [0.717, 1.165) is 23.3 Å². The van der Waals surface area contributed by atoms with Crippen LogP contribution in [0.5, 0.6) is 5.75 Å². The fourth-order valence-corrected chi connectivity index (χ4v) is 4.47. The van der Waals surface area contributed by atoms with Crippen LogP contribution in [-0.2, 0) is 6.42 Å². The molecule has 5 rings (SSSR count). The summed E-state index contributed by atoms with van der Waals surface area (Å²) in [5.41, 5.74) is 2.60. The van der Waals surface area contributed by atoms with E-state index in [-0.39, 0.29) is 16.7 Å². The molecule has 3 aromatic heterocycles. The number of thiazole rings is 1. The van der Waals surface area contributed by atoms with E-state index in [1.54, 1.807) is 24.8 Å². The smallest absolute Gasteiger partial charge is 0.267 e. The van der Waals surface area contributed by atoms with Crippen LogP contribution in [0.1, 0.15) is 29.7 Å². The summed E-state index contributed by atoms with van der Waals surface area (Å²) in [6, 6.07) is 7.19. The number of rotatable bonds is 6. The summed E-state index contributed by atoms with van der Waals surface area (Å²) in [5, 5.41) is 1.79. The third-order valence-corrected chi connectivity index (χ3v) is 6.29. The van der Waals surface area contributed by atoms with Crippen LogP contribution in [0.25, 0.3) is 28.2 Å². The number of halogens is 1. The lowest BCUT2D eigenvalue weighted by atomic mass is 9.99. The Morgan fingerprint density at radius 2 is 2.16 bits per heavy atom. The number of nitrogens with zero attached hydrogens (tertiary/aromatic N) is 3. The second-order valence-corrected chi connectivity index (χ2v) is 8.47.